The molecule has 11 heavy (non-hydrogen) atoms. The topological polar surface area (TPSA) is 81.4 Å². The summed E-state index contributed by atoms with van der Waals surface area (Å²) < 4.78 is 29.7. The van der Waals surface area contributed by atoms with E-state index < -0.39 is 10.3 Å². The number of nitrogens with zero attached hydrogens (tertiary/aromatic N) is 2. The van der Waals surface area contributed by atoms with Crippen LogP contribution in [-0.2, 0) is 10.3 Å². The highest BCUT2D eigenvalue weighted by molar-refractivity contribution is 7.83. The van der Waals surface area contributed by atoms with Crippen molar-refractivity contribution in [3.63, 3.8) is 0 Å². The Kier molecular flexibility index (Phi) is 3.26. The smallest absolute Gasteiger partial charge is 0.273 e. The van der Waals surface area contributed by atoms with Crippen molar-refractivity contribution in [3.05, 3.63) is 0 Å². The number of hydrogen-bond donors (Lipinski definition) is 1. The van der Waals surface area contributed by atoms with Crippen LogP contribution in [0, 0.1) is 17.2 Å². The predicted octanol–water partition coefficient (Wildman–Crippen LogP) is -0.334. The average Bonchev–Trinajstić information content (AvgIpc) is 1.57. The molecule has 1 rings (SSSR count). The molecule has 64 valence electrons. The van der Waals surface area contributed by atoms with Gasteiger partial charge in [0.15, 0.2) is 0 Å². The molecule has 0 atom stereocenters. The maximum absolute atomic E-state index is 10.2. The number of hydrogen-bond acceptors (Lipinski definition) is 3. The van der Waals surface area contributed by atoms with Crippen LogP contribution in [0.4, 0.5) is 0 Å². The van der Waals surface area contributed by atoms with Gasteiger partial charge in [-0.15, -0.1) is 12.4 Å². The molecule has 0 aromatic heterocycles. The summed E-state index contributed by atoms with van der Waals surface area (Å²) in [5, 5.41) is 8.22. The molecule has 1 N–H and O–H groups in total. The van der Waals surface area contributed by atoms with Gasteiger partial charge < -0.3 is 0 Å². The summed E-state index contributed by atoms with van der Waals surface area (Å²) in [5.41, 5.74) is 0. The second kappa shape index (κ2) is 3.36. The standard InChI is InChI=1S/C4H6N2O3S.ClH/c5-1-4-2-6(3-4)10(7,8)9;/h4H,2-3H2,(H,7,8,9);1H. The van der Waals surface area contributed by atoms with Crippen LogP contribution in [0.1, 0.15) is 0 Å². The number of nitriles is 1. The molecule has 5 nitrogen and oxygen atoms in total. The lowest BCUT2D eigenvalue weighted by Gasteiger charge is -2.31. The van der Waals surface area contributed by atoms with Gasteiger partial charge in [-0.1, -0.05) is 0 Å². The molecule has 1 saturated heterocycles. The van der Waals surface area contributed by atoms with Crippen molar-refractivity contribution < 1.29 is 13.0 Å². The van der Waals surface area contributed by atoms with Crippen LogP contribution in [-0.4, -0.2) is 30.4 Å². The highest BCUT2D eigenvalue weighted by Crippen LogP contribution is 2.16. The van der Waals surface area contributed by atoms with Gasteiger partial charge in [0.05, 0.1) is 12.0 Å². The molecule has 1 aliphatic rings. The van der Waals surface area contributed by atoms with E-state index in [0.717, 1.165) is 4.31 Å². The minimum atomic E-state index is -4.03. The Balaban J connectivity index is 0.000001000. The van der Waals surface area contributed by atoms with Gasteiger partial charge in [0.25, 0.3) is 0 Å². The monoisotopic (exact) mass is 198 g/mol. The first-order valence-corrected chi connectivity index (χ1v) is 4.06. The van der Waals surface area contributed by atoms with E-state index in [0.29, 0.717) is 0 Å². The van der Waals surface area contributed by atoms with Gasteiger partial charge in [-0.05, 0) is 0 Å². The average molecular weight is 199 g/mol. The van der Waals surface area contributed by atoms with Crippen molar-refractivity contribution in [2.45, 2.75) is 0 Å². The van der Waals surface area contributed by atoms with Crippen molar-refractivity contribution >= 4 is 22.7 Å². The Labute approximate surface area is 70.9 Å². The summed E-state index contributed by atoms with van der Waals surface area (Å²) >= 11 is 0. The van der Waals surface area contributed by atoms with E-state index in [1.807, 2.05) is 6.07 Å². The summed E-state index contributed by atoms with van der Waals surface area (Å²) in [6.45, 7) is 0.241. The van der Waals surface area contributed by atoms with Crippen molar-refractivity contribution in [1.29, 1.82) is 5.26 Å². The van der Waals surface area contributed by atoms with E-state index in [2.05, 4.69) is 0 Å². The number of halogens is 1. The first-order chi connectivity index (χ1) is 4.54. The van der Waals surface area contributed by atoms with Crippen molar-refractivity contribution in [2.75, 3.05) is 13.1 Å². The minimum absolute atomic E-state index is 0. The largest absolute Gasteiger partial charge is 0.335 e. The third kappa shape index (κ3) is 2.31. The van der Waals surface area contributed by atoms with E-state index in [1.54, 1.807) is 0 Å². The van der Waals surface area contributed by atoms with Gasteiger partial charge >= 0.3 is 10.3 Å². The van der Waals surface area contributed by atoms with Crippen LogP contribution in [0.5, 0.6) is 0 Å². The molecule has 0 radical (unpaired) electrons. The Morgan fingerprint density at radius 3 is 2.27 bits per heavy atom. The fourth-order valence-corrected chi connectivity index (χ4v) is 1.44. The Morgan fingerprint density at radius 2 is 2.00 bits per heavy atom. The second-order valence-electron chi connectivity index (χ2n) is 2.12. The van der Waals surface area contributed by atoms with Crippen LogP contribution in [0.3, 0.4) is 0 Å². The third-order valence-electron chi connectivity index (χ3n) is 1.36. The lowest BCUT2D eigenvalue weighted by molar-refractivity contribution is 0.224. The third-order valence-corrected chi connectivity index (χ3v) is 2.31. The van der Waals surface area contributed by atoms with Crippen molar-refractivity contribution in [2.24, 2.45) is 5.92 Å². The SMILES string of the molecule is Cl.N#CC1CN(S(=O)(=O)O)C1. The van der Waals surface area contributed by atoms with Crippen molar-refractivity contribution in [3.8, 4) is 6.07 Å². The lowest BCUT2D eigenvalue weighted by atomic mass is 10.1. The van der Waals surface area contributed by atoms with E-state index >= 15 is 0 Å². The highest BCUT2D eigenvalue weighted by Gasteiger charge is 2.34. The summed E-state index contributed by atoms with van der Waals surface area (Å²) in [4.78, 5) is 0. The summed E-state index contributed by atoms with van der Waals surface area (Å²) in [5.74, 6) is -0.248. The molecule has 0 bridgehead atoms. The molecule has 7 heteroatoms. The van der Waals surface area contributed by atoms with Gasteiger partial charge in [0, 0.05) is 13.1 Å². The quantitative estimate of drug-likeness (QED) is 0.585. The van der Waals surface area contributed by atoms with Gasteiger partial charge in [-0.3, -0.25) is 4.55 Å². The second-order valence-corrected chi connectivity index (χ2v) is 3.53. The zero-order valence-corrected chi connectivity index (χ0v) is 7.10. The molecular weight excluding hydrogens is 192 g/mol. The van der Waals surface area contributed by atoms with E-state index in [9.17, 15) is 8.42 Å². The molecule has 1 heterocycles. The predicted molar refractivity (Wildman–Crippen MR) is 39.5 cm³/mol. The van der Waals surface area contributed by atoms with Crippen LogP contribution >= 0.6 is 12.4 Å². The van der Waals surface area contributed by atoms with E-state index in [-0.39, 0.29) is 31.4 Å². The van der Waals surface area contributed by atoms with Crippen molar-refractivity contribution in [1.82, 2.24) is 4.31 Å². The minimum Gasteiger partial charge on any atom is -0.273 e. The molecule has 1 aliphatic heterocycles. The van der Waals surface area contributed by atoms with Gasteiger partial charge in [0.2, 0.25) is 0 Å². The Bertz CT molecular complexity index is 264. The molecule has 0 aromatic rings. The van der Waals surface area contributed by atoms with E-state index in [4.69, 9.17) is 9.81 Å². The van der Waals surface area contributed by atoms with Gasteiger partial charge in [-0.25, -0.2) is 0 Å². The molecule has 0 unspecified atom stereocenters. The fourth-order valence-electron chi connectivity index (χ4n) is 0.708. The first-order valence-electron chi connectivity index (χ1n) is 2.66. The number of rotatable bonds is 1. The molecule has 0 spiro atoms. The Morgan fingerprint density at radius 1 is 1.55 bits per heavy atom. The Hall–Kier alpha value is -0.350. The molecule has 0 amide bonds. The van der Waals surface area contributed by atoms with Crippen LogP contribution in [0.2, 0.25) is 0 Å². The van der Waals surface area contributed by atoms with Gasteiger partial charge in [-0.2, -0.15) is 18.0 Å². The van der Waals surface area contributed by atoms with E-state index in [1.165, 1.54) is 0 Å². The molecular formula is C4H7ClN2O3S. The first kappa shape index (κ1) is 10.7. The molecule has 0 aromatic carbocycles. The molecule has 0 aliphatic carbocycles. The maximum Gasteiger partial charge on any atom is 0.335 e. The summed E-state index contributed by atoms with van der Waals surface area (Å²) in [6.07, 6.45) is 0. The maximum atomic E-state index is 10.2. The van der Waals surface area contributed by atoms with Crippen LogP contribution in [0.15, 0.2) is 0 Å². The van der Waals surface area contributed by atoms with Gasteiger partial charge in [0.1, 0.15) is 0 Å². The fraction of sp³-hybridized carbons (Fsp3) is 0.750. The zero-order chi connectivity index (χ0) is 7.78. The molecule has 1 fully saturated rings. The normalized spacial score (nSPS) is 19.6. The molecule has 0 saturated carbocycles. The van der Waals surface area contributed by atoms with Crippen LogP contribution < -0.4 is 0 Å². The lowest BCUT2D eigenvalue weighted by Crippen LogP contribution is -2.48. The summed E-state index contributed by atoms with van der Waals surface area (Å²) in [7, 11) is -4.03. The highest BCUT2D eigenvalue weighted by atomic mass is 35.5. The summed E-state index contributed by atoms with van der Waals surface area (Å²) in [6, 6.07) is 1.89. The zero-order valence-electron chi connectivity index (χ0n) is 5.47. The van der Waals surface area contributed by atoms with Crippen LogP contribution in [0.25, 0.3) is 0 Å².